The lowest BCUT2D eigenvalue weighted by Gasteiger charge is -2.14. The normalized spacial score (nSPS) is 10.7. The van der Waals surface area contributed by atoms with Crippen LogP contribution in [0.4, 0.5) is 10.1 Å². The molecule has 0 atom stereocenters. The van der Waals surface area contributed by atoms with Crippen LogP contribution in [-0.4, -0.2) is 0 Å². The molecule has 0 fully saturated rings. The molecule has 0 aliphatic heterocycles. The first-order chi connectivity index (χ1) is 13.1. The Kier molecular flexibility index (Phi) is 6.91. The highest BCUT2D eigenvalue weighted by atomic mass is 79.9. The summed E-state index contributed by atoms with van der Waals surface area (Å²) in [6.07, 6.45) is 0.986. The fraction of sp³-hybridized carbons (Fsp3) is 0.182. The van der Waals surface area contributed by atoms with Gasteiger partial charge in [0.15, 0.2) is 0 Å². The molecule has 140 valence electrons. The molecule has 5 heteroatoms. The first-order valence-corrected chi connectivity index (χ1v) is 10.3. The number of nitrogens with one attached hydrogen (secondary N) is 1. The van der Waals surface area contributed by atoms with Gasteiger partial charge in [0.1, 0.15) is 18.2 Å². The van der Waals surface area contributed by atoms with E-state index in [-0.39, 0.29) is 12.4 Å². The minimum absolute atomic E-state index is 0.172. The Morgan fingerprint density at radius 2 is 1.56 bits per heavy atom. The number of hydrogen-bond acceptors (Lipinski definition) is 2. The second-order valence-corrected chi connectivity index (χ2v) is 7.84. The van der Waals surface area contributed by atoms with Crippen molar-refractivity contribution in [1.82, 2.24) is 0 Å². The molecule has 0 heterocycles. The number of benzene rings is 3. The van der Waals surface area contributed by atoms with Crippen LogP contribution < -0.4 is 10.1 Å². The summed E-state index contributed by atoms with van der Waals surface area (Å²) in [6.45, 7) is 3.02. The average Bonchev–Trinajstić information content (AvgIpc) is 2.67. The van der Waals surface area contributed by atoms with Crippen LogP contribution in [0.25, 0.3) is 0 Å². The topological polar surface area (TPSA) is 21.3 Å². The highest BCUT2D eigenvalue weighted by Crippen LogP contribution is 2.35. The van der Waals surface area contributed by atoms with Crippen molar-refractivity contribution in [2.45, 2.75) is 26.5 Å². The van der Waals surface area contributed by atoms with E-state index in [2.05, 4.69) is 62.3 Å². The van der Waals surface area contributed by atoms with Gasteiger partial charge in [-0.05, 0) is 73.7 Å². The lowest BCUT2D eigenvalue weighted by molar-refractivity contribution is 0.296. The number of aryl methyl sites for hydroxylation is 1. The highest BCUT2D eigenvalue weighted by Gasteiger charge is 2.11. The van der Waals surface area contributed by atoms with Crippen LogP contribution in [0.2, 0.25) is 0 Å². The van der Waals surface area contributed by atoms with Crippen molar-refractivity contribution in [1.29, 1.82) is 0 Å². The second-order valence-electron chi connectivity index (χ2n) is 6.13. The Labute approximate surface area is 176 Å². The van der Waals surface area contributed by atoms with Gasteiger partial charge >= 0.3 is 0 Å². The molecule has 1 N–H and O–H groups in total. The van der Waals surface area contributed by atoms with Crippen LogP contribution in [-0.2, 0) is 19.6 Å². The van der Waals surface area contributed by atoms with Gasteiger partial charge in [0.25, 0.3) is 0 Å². The number of hydrogen-bond donors (Lipinski definition) is 1. The molecule has 0 radical (unpaired) electrons. The number of halogens is 3. The molecule has 0 spiro atoms. The maximum Gasteiger partial charge on any atom is 0.148 e. The van der Waals surface area contributed by atoms with Crippen molar-refractivity contribution < 1.29 is 9.13 Å². The van der Waals surface area contributed by atoms with E-state index in [1.807, 2.05) is 18.2 Å². The maximum atomic E-state index is 13.8. The molecular weight excluding hydrogens is 473 g/mol. The van der Waals surface area contributed by atoms with Crippen LogP contribution in [0.5, 0.6) is 5.75 Å². The van der Waals surface area contributed by atoms with E-state index in [9.17, 15) is 4.39 Å². The van der Waals surface area contributed by atoms with Crippen LogP contribution in [0, 0.1) is 5.82 Å². The van der Waals surface area contributed by atoms with Crippen LogP contribution in [0.15, 0.2) is 69.6 Å². The summed E-state index contributed by atoms with van der Waals surface area (Å²) in [5.74, 6) is 0.399. The summed E-state index contributed by atoms with van der Waals surface area (Å²) in [5.41, 5.74) is 4.07. The molecule has 0 saturated heterocycles. The number of anilines is 1. The Hall–Kier alpha value is -1.85. The van der Waals surface area contributed by atoms with Crippen molar-refractivity contribution in [3.63, 3.8) is 0 Å². The second kappa shape index (κ2) is 9.38. The quantitative estimate of drug-likeness (QED) is 0.379. The number of para-hydroxylation sites is 1. The fourth-order valence-electron chi connectivity index (χ4n) is 2.82. The Morgan fingerprint density at radius 1 is 0.926 bits per heavy atom. The van der Waals surface area contributed by atoms with Crippen LogP contribution >= 0.6 is 31.9 Å². The number of ether oxygens (including phenoxy) is 1. The average molecular weight is 493 g/mol. The zero-order valence-corrected chi connectivity index (χ0v) is 18.1. The summed E-state index contributed by atoms with van der Waals surface area (Å²) in [6, 6.07) is 19.0. The molecule has 0 amide bonds. The lowest BCUT2D eigenvalue weighted by Crippen LogP contribution is -2.03. The molecule has 0 saturated carbocycles. The summed E-state index contributed by atoms with van der Waals surface area (Å²) < 4.78 is 21.3. The predicted octanol–water partition coefficient (Wildman–Crippen LogP) is 7.10. The van der Waals surface area contributed by atoms with Gasteiger partial charge in [-0.1, -0.05) is 43.3 Å². The first-order valence-electron chi connectivity index (χ1n) is 8.74. The van der Waals surface area contributed by atoms with E-state index < -0.39 is 0 Å². The summed E-state index contributed by atoms with van der Waals surface area (Å²) in [4.78, 5) is 0. The smallest absolute Gasteiger partial charge is 0.148 e. The first kappa shape index (κ1) is 19.9. The van der Waals surface area contributed by atoms with Crippen molar-refractivity contribution in [3.8, 4) is 5.75 Å². The Bertz CT molecular complexity index is 907. The molecule has 0 aromatic heterocycles. The van der Waals surface area contributed by atoms with Gasteiger partial charge in [0.2, 0.25) is 0 Å². The van der Waals surface area contributed by atoms with Crippen molar-refractivity contribution >= 4 is 37.5 Å². The summed E-state index contributed by atoms with van der Waals surface area (Å²) in [7, 11) is 0. The summed E-state index contributed by atoms with van der Waals surface area (Å²) in [5, 5.41) is 3.49. The Morgan fingerprint density at radius 3 is 2.22 bits per heavy atom. The van der Waals surface area contributed by atoms with Crippen LogP contribution in [0.1, 0.15) is 23.6 Å². The Balaban J connectivity index is 1.70. The molecule has 0 aliphatic rings. The predicted molar refractivity (Wildman–Crippen MR) is 116 cm³/mol. The SMILES string of the molecule is CCc1ccccc1NCc1cc(Br)c(OCc2ccccc2F)c(Br)c1. The van der Waals surface area contributed by atoms with E-state index in [1.54, 1.807) is 18.2 Å². The maximum absolute atomic E-state index is 13.8. The monoisotopic (exact) mass is 491 g/mol. The molecule has 0 bridgehead atoms. The van der Waals surface area contributed by atoms with Crippen molar-refractivity contribution in [3.05, 3.63) is 92.1 Å². The zero-order valence-electron chi connectivity index (χ0n) is 14.9. The standard InChI is InChI=1S/C22H20Br2FNO/c1-2-16-7-4-6-10-21(16)26-13-15-11-18(23)22(19(24)12-15)27-14-17-8-3-5-9-20(17)25/h3-12,26H,2,13-14H2,1H3. The van der Waals surface area contributed by atoms with Crippen molar-refractivity contribution in [2.24, 2.45) is 0 Å². The van der Waals surface area contributed by atoms with E-state index in [1.165, 1.54) is 11.6 Å². The summed E-state index contributed by atoms with van der Waals surface area (Å²) >= 11 is 7.14. The van der Waals surface area contributed by atoms with Crippen molar-refractivity contribution in [2.75, 3.05) is 5.32 Å². The molecule has 27 heavy (non-hydrogen) atoms. The molecule has 0 aliphatic carbocycles. The molecule has 3 aromatic rings. The van der Waals surface area contributed by atoms with Gasteiger partial charge < -0.3 is 10.1 Å². The largest absolute Gasteiger partial charge is 0.486 e. The minimum Gasteiger partial charge on any atom is -0.486 e. The van der Waals surface area contributed by atoms with Crippen LogP contribution in [0.3, 0.4) is 0 Å². The molecular formula is C22H20Br2FNO. The van der Waals surface area contributed by atoms with Gasteiger partial charge in [-0.3, -0.25) is 0 Å². The molecule has 3 rings (SSSR count). The molecule has 2 nitrogen and oxygen atoms in total. The minimum atomic E-state index is -0.264. The van der Waals surface area contributed by atoms with Gasteiger partial charge in [-0.15, -0.1) is 0 Å². The van der Waals surface area contributed by atoms with E-state index in [4.69, 9.17) is 4.74 Å². The van der Waals surface area contributed by atoms with Gasteiger partial charge in [0, 0.05) is 17.8 Å². The third kappa shape index (κ3) is 5.11. The third-order valence-electron chi connectivity index (χ3n) is 4.27. The zero-order chi connectivity index (χ0) is 19.2. The molecule has 3 aromatic carbocycles. The van der Waals surface area contributed by atoms with E-state index in [0.29, 0.717) is 17.9 Å². The highest BCUT2D eigenvalue weighted by molar-refractivity contribution is 9.11. The van der Waals surface area contributed by atoms with E-state index in [0.717, 1.165) is 26.6 Å². The third-order valence-corrected chi connectivity index (χ3v) is 5.45. The fourth-order valence-corrected chi connectivity index (χ4v) is 4.33. The number of rotatable bonds is 7. The van der Waals surface area contributed by atoms with Gasteiger partial charge in [-0.2, -0.15) is 0 Å². The van der Waals surface area contributed by atoms with Gasteiger partial charge in [0.05, 0.1) is 8.95 Å². The van der Waals surface area contributed by atoms with Gasteiger partial charge in [-0.25, -0.2) is 4.39 Å². The lowest BCUT2D eigenvalue weighted by atomic mass is 10.1. The van der Waals surface area contributed by atoms with E-state index >= 15 is 0 Å². The molecule has 0 unspecified atom stereocenters.